The molecule has 1 aliphatic rings. The summed E-state index contributed by atoms with van der Waals surface area (Å²) < 4.78 is 42.9. The van der Waals surface area contributed by atoms with Crippen molar-refractivity contribution in [1.82, 2.24) is 4.98 Å². The lowest BCUT2D eigenvalue weighted by Crippen LogP contribution is -2.39. The van der Waals surface area contributed by atoms with Crippen molar-refractivity contribution in [2.75, 3.05) is 0 Å². The Morgan fingerprint density at radius 1 is 1.35 bits per heavy atom. The lowest BCUT2D eigenvalue weighted by Gasteiger charge is -2.41. The van der Waals surface area contributed by atoms with Crippen LogP contribution >= 0.6 is 0 Å². The van der Waals surface area contributed by atoms with Crippen molar-refractivity contribution in [3.8, 4) is 0 Å². The third-order valence-corrected chi connectivity index (χ3v) is 3.71. The van der Waals surface area contributed by atoms with Gasteiger partial charge in [0.1, 0.15) is 11.3 Å². The number of alkyl halides is 3. The molecule has 0 amide bonds. The number of carboxylic acid groups (broad SMARTS) is 1. The molecule has 0 saturated heterocycles. The predicted molar refractivity (Wildman–Crippen MR) is 72.3 cm³/mol. The first kappa shape index (κ1) is 17.0. The zero-order chi connectivity index (χ0) is 17.3. The summed E-state index contributed by atoms with van der Waals surface area (Å²) in [5.41, 5.74) is -2.00. The maximum absolute atomic E-state index is 12.5. The maximum Gasteiger partial charge on any atom is 0.433 e. The van der Waals surface area contributed by atoms with Crippen LogP contribution in [0.4, 0.5) is 13.2 Å². The van der Waals surface area contributed by atoms with Crippen molar-refractivity contribution in [3.63, 3.8) is 0 Å². The Hall–Kier alpha value is -2.38. The Morgan fingerprint density at radius 3 is 2.39 bits per heavy atom. The largest absolute Gasteiger partial charge is 0.478 e. The van der Waals surface area contributed by atoms with Crippen LogP contribution in [0.25, 0.3) is 0 Å². The molecule has 1 fully saturated rings. The summed E-state index contributed by atoms with van der Waals surface area (Å²) in [5, 5.41) is 8.70. The molecule has 0 radical (unpaired) electrons. The van der Waals surface area contributed by atoms with Gasteiger partial charge in [0.15, 0.2) is 0 Å². The standard InChI is InChI=1S/C15H14F3NO4/c1-9(13(21)22)7-12(20)23-14(5-2-6-14)10-3-4-11(19-8-10)15(16,17)18/h3-4,8H,1-2,5-7H2,(H,21,22). The van der Waals surface area contributed by atoms with Gasteiger partial charge in [-0.15, -0.1) is 0 Å². The van der Waals surface area contributed by atoms with Gasteiger partial charge in [0, 0.05) is 17.3 Å². The molecule has 0 spiro atoms. The van der Waals surface area contributed by atoms with Crippen LogP contribution < -0.4 is 0 Å². The zero-order valence-electron chi connectivity index (χ0n) is 12.0. The summed E-state index contributed by atoms with van der Waals surface area (Å²) in [5.74, 6) is -2.09. The maximum atomic E-state index is 12.5. The fraction of sp³-hybridized carbons (Fsp3) is 0.400. The molecule has 1 aliphatic carbocycles. The molecule has 23 heavy (non-hydrogen) atoms. The Balaban J connectivity index is 2.13. The third kappa shape index (κ3) is 3.69. The van der Waals surface area contributed by atoms with Crippen LogP contribution in [0.1, 0.15) is 36.9 Å². The van der Waals surface area contributed by atoms with Crippen LogP contribution in [0.15, 0.2) is 30.5 Å². The van der Waals surface area contributed by atoms with E-state index >= 15 is 0 Å². The summed E-state index contributed by atoms with van der Waals surface area (Å²) in [7, 11) is 0. The van der Waals surface area contributed by atoms with Gasteiger partial charge in [-0.2, -0.15) is 13.2 Å². The van der Waals surface area contributed by atoms with E-state index in [9.17, 15) is 22.8 Å². The van der Waals surface area contributed by atoms with E-state index in [1.807, 2.05) is 0 Å². The van der Waals surface area contributed by atoms with Gasteiger partial charge in [-0.3, -0.25) is 9.78 Å². The Labute approximate surface area is 129 Å². The molecule has 0 aromatic carbocycles. The molecule has 124 valence electrons. The number of aromatic nitrogens is 1. The Kier molecular flexibility index (Phi) is 4.44. The molecule has 2 rings (SSSR count). The zero-order valence-corrected chi connectivity index (χ0v) is 12.0. The number of aliphatic carboxylic acids is 1. The van der Waals surface area contributed by atoms with Crippen molar-refractivity contribution in [2.45, 2.75) is 37.5 Å². The number of pyridine rings is 1. The van der Waals surface area contributed by atoms with Crippen LogP contribution in [0.5, 0.6) is 0 Å². The van der Waals surface area contributed by atoms with Gasteiger partial charge in [-0.1, -0.05) is 12.6 Å². The van der Waals surface area contributed by atoms with Gasteiger partial charge in [0.25, 0.3) is 0 Å². The predicted octanol–water partition coefficient (Wildman–Crippen LogP) is 3.05. The lowest BCUT2D eigenvalue weighted by molar-refractivity contribution is -0.171. The summed E-state index contributed by atoms with van der Waals surface area (Å²) in [6.45, 7) is 3.24. The molecule has 1 aromatic heterocycles. The molecule has 1 N–H and O–H groups in total. The second kappa shape index (κ2) is 6.02. The topological polar surface area (TPSA) is 76.5 Å². The van der Waals surface area contributed by atoms with E-state index in [0.717, 1.165) is 18.7 Å². The minimum atomic E-state index is -4.54. The van der Waals surface area contributed by atoms with Crippen molar-refractivity contribution < 1.29 is 32.6 Å². The third-order valence-electron chi connectivity index (χ3n) is 3.71. The molecule has 0 atom stereocenters. The van der Waals surface area contributed by atoms with Crippen molar-refractivity contribution >= 4 is 11.9 Å². The minimum Gasteiger partial charge on any atom is -0.478 e. The van der Waals surface area contributed by atoms with Gasteiger partial charge < -0.3 is 9.84 Å². The second-order valence-electron chi connectivity index (χ2n) is 5.34. The summed E-state index contributed by atoms with van der Waals surface area (Å²) in [6, 6.07) is 2.06. The van der Waals surface area contributed by atoms with E-state index < -0.39 is 35.8 Å². The van der Waals surface area contributed by atoms with Crippen LogP contribution in [-0.4, -0.2) is 22.0 Å². The number of carbonyl (C=O) groups is 2. The van der Waals surface area contributed by atoms with Crippen molar-refractivity contribution in [2.24, 2.45) is 0 Å². The molecule has 5 nitrogen and oxygen atoms in total. The Bertz CT molecular complexity index is 633. The summed E-state index contributed by atoms with van der Waals surface area (Å²) in [4.78, 5) is 25.8. The van der Waals surface area contributed by atoms with E-state index in [-0.39, 0.29) is 5.57 Å². The summed E-state index contributed by atoms with van der Waals surface area (Å²) >= 11 is 0. The molecule has 0 aliphatic heterocycles. The summed E-state index contributed by atoms with van der Waals surface area (Å²) in [6.07, 6.45) is -2.33. The number of ether oxygens (including phenoxy) is 1. The molecular weight excluding hydrogens is 315 g/mol. The smallest absolute Gasteiger partial charge is 0.433 e. The van der Waals surface area contributed by atoms with Crippen molar-refractivity contribution in [1.29, 1.82) is 0 Å². The van der Waals surface area contributed by atoms with Crippen LogP contribution in [0, 0.1) is 0 Å². The van der Waals surface area contributed by atoms with E-state index in [4.69, 9.17) is 9.84 Å². The van der Waals surface area contributed by atoms with E-state index in [1.165, 1.54) is 6.07 Å². The molecular formula is C15H14F3NO4. The monoisotopic (exact) mass is 329 g/mol. The number of hydrogen-bond acceptors (Lipinski definition) is 4. The molecule has 1 saturated carbocycles. The number of carboxylic acids is 1. The number of hydrogen-bond donors (Lipinski definition) is 1. The first-order valence-corrected chi connectivity index (χ1v) is 6.81. The van der Waals surface area contributed by atoms with E-state index in [0.29, 0.717) is 18.4 Å². The lowest BCUT2D eigenvalue weighted by atomic mass is 9.75. The van der Waals surface area contributed by atoms with Gasteiger partial charge in [-0.05, 0) is 25.3 Å². The molecule has 0 unspecified atom stereocenters. The van der Waals surface area contributed by atoms with Gasteiger partial charge in [0.05, 0.1) is 6.42 Å². The number of nitrogens with zero attached hydrogens (tertiary/aromatic N) is 1. The van der Waals surface area contributed by atoms with Gasteiger partial charge in [0.2, 0.25) is 0 Å². The average molecular weight is 329 g/mol. The minimum absolute atomic E-state index is 0.310. The number of rotatable bonds is 5. The van der Waals surface area contributed by atoms with Gasteiger partial charge in [-0.25, -0.2) is 4.79 Å². The highest BCUT2D eigenvalue weighted by atomic mass is 19.4. The fourth-order valence-electron chi connectivity index (χ4n) is 2.28. The molecule has 0 bridgehead atoms. The molecule has 1 heterocycles. The fourth-order valence-corrected chi connectivity index (χ4v) is 2.28. The van der Waals surface area contributed by atoms with Crippen LogP contribution in [-0.2, 0) is 26.1 Å². The van der Waals surface area contributed by atoms with Crippen molar-refractivity contribution in [3.05, 3.63) is 41.7 Å². The number of esters is 1. The number of carbonyl (C=O) groups excluding carboxylic acids is 1. The average Bonchev–Trinajstić information content (AvgIpc) is 2.42. The highest BCUT2D eigenvalue weighted by Crippen LogP contribution is 2.45. The highest BCUT2D eigenvalue weighted by Gasteiger charge is 2.43. The van der Waals surface area contributed by atoms with E-state index in [2.05, 4.69) is 11.6 Å². The second-order valence-corrected chi connectivity index (χ2v) is 5.34. The van der Waals surface area contributed by atoms with Crippen LogP contribution in [0.3, 0.4) is 0 Å². The highest BCUT2D eigenvalue weighted by molar-refractivity contribution is 5.91. The Morgan fingerprint density at radius 2 is 2.00 bits per heavy atom. The van der Waals surface area contributed by atoms with Crippen LogP contribution in [0.2, 0.25) is 0 Å². The first-order valence-electron chi connectivity index (χ1n) is 6.81. The molecule has 8 heteroatoms. The normalized spacial score (nSPS) is 16.3. The van der Waals surface area contributed by atoms with Gasteiger partial charge >= 0.3 is 18.1 Å². The van der Waals surface area contributed by atoms with E-state index in [1.54, 1.807) is 0 Å². The SMILES string of the molecule is C=C(CC(=O)OC1(c2ccc(C(F)(F)F)nc2)CCC1)C(=O)O. The first-order chi connectivity index (χ1) is 10.6. The quantitative estimate of drug-likeness (QED) is 0.664. The number of halogens is 3. The molecule has 1 aromatic rings.